The number of nitrogens with zero attached hydrogens (tertiary/aromatic N) is 1. The van der Waals surface area contributed by atoms with Crippen LogP contribution in [0.2, 0.25) is 0 Å². The molecule has 1 aromatic heterocycles. The number of thiazole rings is 1. The molecule has 1 heterocycles. The SMILES string of the molecule is Cc1ccccc1CC(CBr)Cc1nc(C(C)(C)C)cs1. The summed E-state index contributed by atoms with van der Waals surface area (Å²) in [6, 6.07) is 8.68. The molecule has 1 unspecified atom stereocenters. The molecule has 1 atom stereocenters. The first kappa shape index (κ1) is 16.7. The summed E-state index contributed by atoms with van der Waals surface area (Å²) in [7, 11) is 0. The van der Waals surface area contributed by atoms with Crippen molar-refractivity contribution in [1.82, 2.24) is 4.98 Å². The molecule has 114 valence electrons. The zero-order valence-corrected chi connectivity index (χ0v) is 15.7. The van der Waals surface area contributed by atoms with Crippen molar-refractivity contribution in [2.75, 3.05) is 5.33 Å². The number of halogens is 1. The van der Waals surface area contributed by atoms with Crippen molar-refractivity contribution in [2.45, 2.75) is 46.0 Å². The van der Waals surface area contributed by atoms with Gasteiger partial charge in [0.15, 0.2) is 0 Å². The summed E-state index contributed by atoms with van der Waals surface area (Å²) < 4.78 is 0. The van der Waals surface area contributed by atoms with Gasteiger partial charge >= 0.3 is 0 Å². The number of aryl methyl sites for hydroxylation is 1. The van der Waals surface area contributed by atoms with Crippen LogP contribution >= 0.6 is 27.3 Å². The van der Waals surface area contributed by atoms with Crippen LogP contribution in [0, 0.1) is 12.8 Å². The van der Waals surface area contributed by atoms with Gasteiger partial charge in [-0.2, -0.15) is 0 Å². The van der Waals surface area contributed by atoms with Crippen LogP contribution in [0.4, 0.5) is 0 Å². The molecule has 0 radical (unpaired) electrons. The van der Waals surface area contributed by atoms with Crippen LogP contribution in [-0.4, -0.2) is 10.3 Å². The number of hydrogen-bond acceptors (Lipinski definition) is 2. The van der Waals surface area contributed by atoms with E-state index >= 15 is 0 Å². The zero-order chi connectivity index (χ0) is 15.5. The maximum absolute atomic E-state index is 4.83. The highest BCUT2D eigenvalue weighted by Gasteiger charge is 2.19. The topological polar surface area (TPSA) is 12.9 Å². The predicted molar refractivity (Wildman–Crippen MR) is 96.7 cm³/mol. The minimum absolute atomic E-state index is 0.147. The lowest BCUT2D eigenvalue weighted by Gasteiger charge is -2.16. The second-order valence-electron chi connectivity index (χ2n) is 6.73. The smallest absolute Gasteiger partial charge is 0.0931 e. The summed E-state index contributed by atoms with van der Waals surface area (Å²) in [5.74, 6) is 0.602. The second-order valence-corrected chi connectivity index (χ2v) is 8.32. The van der Waals surface area contributed by atoms with Crippen LogP contribution in [-0.2, 0) is 18.3 Å². The third-order valence-corrected chi connectivity index (χ3v) is 5.56. The average Bonchev–Trinajstić information content (AvgIpc) is 2.89. The largest absolute Gasteiger partial charge is 0.246 e. The van der Waals surface area contributed by atoms with Gasteiger partial charge in [-0.3, -0.25) is 0 Å². The van der Waals surface area contributed by atoms with Gasteiger partial charge < -0.3 is 0 Å². The molecule has 0 spiro atoms. The lowest BCUT2D eigenvalue weighted by molar-refractivity contribution is 0.558. The van der Waals surface area contributed by atoms with E-state index in [1.165, 1.54) is 21.8 Å². The van der Waals surface area contributed by atoms with E-state index in [-0.39, 0.29) is 5.41 Å². The normalized spacial score (nSPS) is 13.4. The summed E-state index contributed by atoms with van der Waals surface area (Å²) in [5, 5.41) is 4.50. The van der Waals surface area contributed by atoms with E-state index in [9.17, 15) is 0 Å². The van der Waals surface area contributed by atoms with Gasteiger partial charge in [0.25, 0.3) is 0 Å². The van der Waals surface area contributed by atoms with Crippen LogP contribution in [0.5, 0.6) is 0 Å². The van der Waals surface area contributed by atoms with Crippen LogP contribution < -0.4 is 0 Å². The fourth-order valence-corrected chi connectivity index (χ4v) is 3.92. The Hall–Kier alpha value is -0.670. The maximum atomic E-state index is 4.83. The first-order valence-electron chi connectivity index (χ1n) is 7.45. The Bertz CT molecular complexity index is 583. The van der Waals surface area contributed by atoms with Gasteiger partial charge in [-0.05, 0) is 30.4 Å². The van der Waals surface area contributed by atoms with E-state index in [0.29, 0.717) is 5.92 Å². The van der Waals surface area contributed by atoms with E-state index in [4.69, 9.17) is 4.98 Å². The molecule has 0 aliphatic carbocycles. The lowest BCUT2D eigenvalue weighted by atomic mass is 9.93. The van der Waals surface area contributed by atoms with Gasteiger partial charge in [-0.25, -0.2) is 4.98 Å². The standard InChI is InChI=1S/C18H24BrNS/c1-13-7-5-6-8-15(13)9-14(11-19)10-17-20-16(12-21-17)18(2,3)4/h5-8,12,14H,9-11H2,1-4H3. The van der Waals surface area contributed by atoms with Gasteiger partial charge in [0.05, 0.1) is 10.7 Å². The van der Waals surface area contributed by atoms with E-state index in [0.717, 1.165) is 18.2 Å². The van der Waals surface area contributed by atoms with Crippen molar-refractivity contribution in [2.24, 2.45) is 5.92 Å². The summed E-state index contributed by atoms with van der Waals surface area (Å²) in [6.07, 6.45) is 2.17. The van der Waals surface area contributed by atoms with E-state index in [1.807, 2.05) is 0 Å². The van der Waals surface area contributed by atoms with E-state index in [1.54, 1.807) is 11.3 Å². The highest BCUT2D eigenvalue weighted by atomic mass is 79.9. The highest BCUT2D eigenvalue weighted by Crippen LogP contribution is 2.26. The second kappa shape index (κ2) is 7.06. The molecule has 2 rings (SSSR count). The van der Waals surface area contributed by atoms with E-state index in [2.05, 4.69) is 73.3 Å². The third kappa shape index (κ3) is 4.65. The summed E-state index contributed by atoms with van der Waals surface area (Å²) in [4.78, 5) is 4.83. The number of rotatable bonds is 5. The number of hydrogen-bond donors (Lipinski definition) is 0. The zero-order valence-electron chi connectivity index (χ0n) is 13.3. The Morgan fingerprint density at radius 3 is 2.48 bits per heavy atom. The highest BCUT2D eigenvalue weighted by molar-refractivity contribution is 9.09. The van der Waals surface area contributed by atoms with Crippen molar-refractivity contribution in [3.05, 3.63) is 51.5 Å². The first-order chi connectivity index (χ1) is 9.90. The average molecular weight is 366 g/mol. The number of alkyl halides is 1. The number of benzene rings is 1. The van der Waals surface area contributed by atoms with E-state index < -0.39 is 0 Å². The Balaban J connectivity index is 2.06. The molecule has 1 nitrogen and oxygen atoms in total. The molecule has 0 aliphatic heterocycles. The predicted octanol–water partition coefficient (Wildman–Crippen LogP) is 5.55. The Kier molecular flexibility index (Phi) is 5.61. The Labute approximate surface area is 141 Å². The van der Waals surface area contributed by atoms with Gasteiger partial charge in [0, 0.05) is 22.5 Å². The van der Waals surface area contributed by atoms with Crippen LogP contribution in [0.25, 0.3) is 0 Å². The molecule has 0 fully saturated rings. The molecule has 1 aromatic carbocycles. The van der Waals surface area contributed by atoms with Crippen LogP contribution in [0.3, 0.4) is 0 Å². The van der Waals surface area contributed by atoms with Gasteiger partial charge in [-0.15, -0.1) is 11.3 Å². The van der Waals surface area contributed by atoms with Crippen LogP contribution in [0.1, 0.15) is 42.6 Å². The monoisotopic (exact) mass is 365 g/mol. The lowest BCUT2D eigenvalue weighted by Crippen LogP contribution is -2.13. The van der Waals surface area contributed by atoms with Crippen molar-refractivity contribution >= 4 is 27.3 Å². The van der Waals surface area contributed by atoms with Crippen LogP contribution in [0.15, 0.2) is 29.6 Å². The fraction of sp³-hybridized carbons (Fsp3) is 0.500. The minimum atomic E-state index is 0.147. The molecule has 0 N–H and O–H groups in total. The van der Waals surface area contributed by atoms with Crippen molar-refractivity contribution < 1.29 is 0 Å². The van der Waals surface area contributed by atoms with Crippen molar-refractivity contribution in [3.8, 4) is 0 Å². The summed E-state index contributed by atoms with van der Waals surface area (Å²) >= 11 is 5.48. The molecule has 0 aliphatic rings. The summed E-state index contributed by atoms with van der Waals surface area (Å²) in [6.45, 7) is 8.87. The maximum Gasteiger partial charge on any atom is 0.0931 e. The Morgan fingerprint density at radius 2 is 1.90 bits per heavy atom. The van der Waals surface area contributed by atoms with Crippen molar-refractivity contribution in [3.63, 3.8) is 0 Å². The first-order valence-corrected chi connectivity index (χ1v) is 9.45. The third-order valence-electron chi connectivity index (χ3n) is 3.77. The quantitative estimate of drug-likeness (QED) is 0.633. The molecule has 21 heavy (non-hydrogen) atoms. The fourth-order valence-electron chi connectivity index (χ4n) is 2.33. The molecule has 2 aromatic rings. The molecule has 0 bridgehead atoms. The Morgan fingerprint density at radius 1 is 1.19 bits per heavy atom. The van der Waals surface area contributed by atoms with Gasteiger partial charge in [0.1, 0.15) is 0 Å². The molecule has 0 saturated heterocycles. The van der Waals surface area contributed by atoms with Gasteiger partial charge in [0.2, 0.25) is 0 Å². The molecule has 3 heteroatoms. The van der Waals surface area contributed by atoms with Crippen molar-refractivity contribution in [1.29, 1.82) is 0 Å². The minimum Gasteiger partial charge on any atom is -0.246 e. The molecular formula is C18H24BrNS. The van der Waals surface area contributed by atoms with Gasteiger partial charge in [-0.1, -0.05) is 61.0 Å². The molecule has 0 saturated carbocycles. The number of aromatic nitrogens is 1. The molecular weight excluding hydrogens is 342 g/mol. The molecule has 0 amide bonds. The summed E-state index contributed by atoms with van der Waals surface area (Å²) in [5.41, 5.74) is 4.20.